The van der Waals surface area contributed by atoms with Crippen molar-refractivity contribution in [2.75, 3.05) is 25.1 Å². The Balaban J connectivity index is 2.41. The van der Waals surface area contributed by atoms with Gasteiger partial charge in [0.25, 0.3) is 10.0 Å². The van der Waals surface area contributed by atoms with E-state index in [1.54, 1.807) is 30.3 Å². The lowest BCUT2D eigenvalue weighted by Crippen LogP contribution is -2.43. The van der Waals surface area contributed by atoms with Crippen LogP contribution >= 0.6 is 0 Å². The lowest BCUT2D eigenvalue weighted by atomic mass is 10.2. The molecular formula is C21H28N2O5S. The Labute approximate surface area is 172 Å². The van der Waals surface area contributed by atoms with E-state index in [1.807, 2.05) is 13.8 Å². The Hall–Kier alpha value is -2.74. The van der Waals surface area contributed by atoms with E-state index in [1.165, 1.54) is 32.4 Å². The molecule has 2 aromatic rings. The molecule has 29 heavy (non-hydrogen) atoms. The van der Waals surface area contributed by atoms with Gasteiger partial charge in [-0.15, -0.1) is 0 Å². The molecule has 7 nitrogen and oxygen atoms in total. The van der Waals surface area contributed by atoms with E-state index in [4.69, 9.17) is 9.47 Å². The average Bonchev–Trinajstić information content (AvgIpc) is 2.72. The molecule has 0 spiro atoms. The van der Waals surface area contributed by atoms with Crippen LogP contribution in [0.5, 0.6) is 11.5 Å². The molecule has 0 heterocycles. The fourth-order valence-electron chi connectivity index (χ4n) is 2.97. The second kappa shape index (κ2) is 10.2. The lowest BCUT2D eigenvalue weighted by Gasteiger charge is -2.25. The number of nitrogens with one attached hydrogen (secondary N) is 1. The maximum absolute atomic E-state index is 13.4. The third kappa shape index (κ3) is 5.63. The molecule has 158 valence electrons. The van der Waals surface area contributed by atoms with Gasteiger partial charge in [-0.25, -0.2) is 8.42 Å². The van der Waals surface area contributed by atoms with Gasteiger partial charge in [-0.05, 0) is 37.6 Å². The summed E-state index contributed by atoms with van der Waals surface area (Å²) in [5, 5.41) is 2.86. The van der Waals surface area contributed by atoms with Crippen molar-refractivity contribution in [3.8, 4) is 11.5 Å². The monoisotopic (exact) mass is 420 g/mol. The van der Waals surface area contributed by atoms with Gasteiger partial charge in [0, 0.05) is 12.1 Å². The summed E-state index contributed by atoms with van der Waals surface area (Å²) >= 11 is 0. The number of ether oxygens (including phenoxy) is 2. The van der Waals surface area contributed by atoms with E-state index in [2.05, 4.69) is 5.32 Å². The Morgan fingerprint density at radius 3 is 2.31 bits per heavy atom. The van der Waals surface area contributed by atoms with Gasteiger partial charge in [-0.2, -0.15) is 0 Å². The summed E-state index contributed by atoms with van der Waals surface area (Å²) in [7, 11) is -1.11. The number of nitrogens with zero attached hydrogens (tertiary/aromatic N) is 1. The molecule has 0 unspecified atom stereocenters. The molecular weight excluding hydrogens is 392 g/mol. The number of para-hydroxylation sites is 1. The minimum atomic E-state index is -4.02. The first-order valence-corrected chi connectivity index (χ1v) is 10.9. The predicted octanol–water partition coefficient (Wildman–Crippen LogP) is 3.20. The molecule has 0 aliphatic heterocycles. The number of sulfonamides is 1. The topological polar surface area (TPSA) is 84.9 Å². The molecule has 0 aromatic heterocycles. The molecule has 1 amide bonds. The minimum absolute atomic E-state index is 0.00779. The number of benzene rings is 2. The summed E-state index contributed by atoms with van der Waals surface area (Å²) in [6.45, 7) is 3.60. The fraction of sp³-hybridized carbons (Fsp3) is 0.381. The van der Waals surface area contributed by atoms with E-state index in [9.17, 15) is 13.2 Å². The standard InChI is InChI=1S/C21H28N2O5S/c1-5-9-16(2)22-21(24)15-23(17-10-7-6-8-11-17)29(25,26)18-12-13-19(27-3)20(14-18)28-4/h6-8,10-14,16H,5,9,15H2,1-4H3,(H,22,24)/t16-/m0/s1. The van der Waals surface area contributed by atoms with Crippen LogP contribution in [0.1, 0.15) is 26.7 Å². The molecule has 2 rings (SSSR count). The van der Waals surface area contributed by atoms with Gasteiger partial charge < -0.3 is 14.8 Å². The van der Waals surface area contributed by atoms with E-state index in [-0.39, 0.29) is 23.4 Å². The number of hydrogen-bond acceptors (Lipinski definition) is 5. The van der Waals surface area contributed by atoms with Crippen molar-refractivity contribution in [1.29, 1.82) is 0 Å². The average molecular weight is 421 g/mol. The molecule has 0 fully saturated rings. The summed E-state index contributed by atoms with van der Waals surface area (Å²) in [5.74, 6) is 0.352. The van der Waals surface area contributed by atoms with Gasteiger partial charge >= 0.3 is 0 Å². The van der Waals surface area contributed by atoms with Crippen molar-refractivity contribution in [3.05, 3.63) is 48.5 Å². The van der Waals surface area contributed by atoms with Gasteiger partial charge in [-0.3, -0.25) is 9.10 Å². The highest BCUT2D eigenvalue weighted by Gasteiger charge is 2.28. The number of hydrogen-bond donors (Lipinski definition) is 1. The highest BCUT2D eigenvalue weighted by molar-refractivity contribution is 7.92. The number of anilines is 1. The zero-order chi connectivity index (χ0) is 21.4. The van der Waals surface area contributed by atoms with Crippen LogP contribution in [0.25, 0.3) is 0 Å². The maximum Gasteiger partial charge on any atom is 0.264 e. The molecule has 0 saturated heterocycles. The number of carbonyl (C=O) groups is 1. The third-order valence-corrected chi connectivity index (χ3v) is 6.17. The molecule has 0 bridgehead atoms. The Bertz CT molecular complexity index is 916. The first-order valence-electron chi connectivity index (χ1n) is 9.42. The second-order valence-electron chi connectivity index (χ2n) is 6.62. The summed E-state index contributed by atoms with van der Waals surface area (Å²) in [5.41, 5.74) is 0.403. The van der Waals surface area contributed by atoms with Crippen molar-refractivity contribution in [2.45, 2.75) is 37.6 Å². The second-order valence-corrected chi connectivity index (χ2v) is 8.48. The van der Waals surface area contributed by atoms with Crippen LogP contribution in [-0.2, 0) is 14.8 Å². The summed E-state index contributed by atoms with van der Waals surface area (Å²) in [6.07, 6.45) is 1.74. The van der Waals surface area contributed by atoms with Crippen LogP contribution in [0.2, 0.25) is 0 Å². The Morgan fingerprint density at radius 1 is 1.07 bits per heavy atom. The zero-order valence-corrected chi connectivity index (χ0v) is 18.0. The number of carbonyl (C=O) groups excluding carboxylic acids is 1. The quantitative estimate of drug-likeness (QED) is 0.638. The van der Waals surface area contributed by atoms with E-state index in [0.29, 0.717) is 17.2 Å². The number of methoxy groups -OCH3 is 2. The van der Waals surface area contributed by atoms with Gasteiger partial charge in [0.2, 0.25) is 5.91 Å². The normalized spacial score (nSPS) is 12.1. The van der Waals surface area contributed by atoms with Gasteiger partial charge in [0.15, 0.2) is 11.5 Å². The first kappa shape index (κ1) is 22.5. The molecule has 2 aromatic carbocycles. The fourth-order valence-corrected chi connectivity index (χ4v) is 4.41. The Morgan fingerprint density at radius 2 is 1.72 bits per heavy atom. The van der Waals surface area contributed by atoms with Crippen molar-refractivity contribution in [3.63, 3.8) is 0 Å². The van der Waals surface area contributed by atoms with Crippen molar-refractivity contribution in [1.82, 2.24) is 5.32 Å². The third-order valence-electron chi connectivity index (χ3n) is 4.40. The van der Waals surface area contributed by atoms with Crippen LogP contribution in [0.4, 0.5) is 5.69 Å². The highest BCUT2D eigenvalue weighted by Crippen LogP contribution is 2.32. The molecule has 1 atom stereocenters. The minimum Gasteiger partial charge on any atom is -0.493 e. The molecule has 0 aliphatic carbocycles. The predicted molar refractivity (Wildman–Crippen MR) is 113 cm³/mol. The molecule has 0 aliphatic rings. The first-order chi connectivity index (χ1) is 13.8. The molecule has 8 heteroatoms. The zero-order valence-electron chi connectivity index (χ0n) is 17.2. The van der Waals surface area contributed by atoms with Gasteiger partial charge in [-0.1, -0.05) is 31.5 Å². The molecule has 0 radical (unpaired) electrons. The van der Waals surface area contributed by atoms with E-state index >= 15 is 0 Å². The number of amides is 1. The summed E-state index contributed by atoms with van der Waals surface area (Å²) in [6, 6.07) is 12.9. The van der Waals surface area contributed by atoms with Crippen molar-refractivity contribution in [2.24, 2.45) is 0 Å². The largest absolute Gasteiger partial charge is 0.493 e. The Kier molecular flexibility index (Phi) is 7.90. The van der Waals surface area contributed by atoms with Crippen LogP contribution in [0.15, 0.2) is 53.4 Å². The molecule has 1 N–H and O–H groups in total. The van der Waals surface area contributed by atoms with E-state index < -0.39 is 10.0 Å². The van der Waals surface area contributed by atoms with Crippen molar-refractivity contribution >= 4 is 21.6 Å². The smallest absolute Gasteiger partial charge is 0.264 e. The van der Waals surface area contributed by atoms with Crippen LogP contribution in [0.3, 0.4) is 0 Å². The maximum atomic E-state index is 13.4. The summed E-state index contributed by atoms with van der Waals surface area (Å²) < 4.78 is 38.3. The summed E-state index contributed by atoms with van der Waals surface area (Å²) in [4.78, 5) is 12.6. The number of rotatable bonds is 10. The SMILES string of the molecule is CCC[C@H](C)NC(=O)CN(c1ccccc1)S(=O)(=O)c1ccc(OC)c(OC)c1. The van der Waals surface area contributed by atoms with Crippen molar-refractivity contribution < 1.29 is 22.7 Å². The van der Waals surface area contributed by atoms with Crippen LogP contribution < -0.4 is 19.1 Å². The van der Waals surface area contributed by atoms with Gasteiger partial charge in [0.05, 0.1) is 24.8 Å². The van der Waals surface area contributed by atoms with Crippen LogP contribution in [-0.4, -0.2) is 41.1 Å². The highest BCUT2D eigenvalue weighted by atomic mass is 32.2. The van der Waals surface area contributed by atoms with Crippen LogP contribution in [0, 0.1) is 0 Å². The van der Waals surface area contributed by atoms with E-state index in [0.717, 1.165) is 17.1 Å². The lowest BCUT2D eigenvalue weighted by molar-refractivity contribution is -0.120. The van der Waals surface area contributed by atoms with Gasteiger partial charge in [0.1, 0.15) is 6.54 Å². The molecule has 0 saturated carbocycles.